The number of esters is 1. The molecule has 0 fully saturated rings. The van der Waals surface area contributed by atoms with Crippen molar-refractivity contribution in [2.75, 3.05) is 18.2 Å². The molecule has 0 aliphatic rings. The number of nitrogens with one attached hydrogen (secondary N) is 1. The highest BCUT2D eigenvalue weighted by Crippen LogP contribution is 2.20. The van der Waals surface area contributed by atoms with E-state index in [1.54, 1.807) is 35.7 Å². The predicted octanol–water partition coefficient (Wildman–Crippen LogP) is 2.37. The van der Waals surface area contributed by atoms with E-state index in [9.17, 15) is 9.59 Å². The van der Waals surface area contributed by atoms with Crippen LogP contribution < -0.4 is 11.1 Å². The second-order valence-electron chi connectivity index (χ2n) is 3.73. The van der Waals surface area contributed by atoms with Gasteiger partial charge in [-0.1, -0.05) is 0 Å². The number of hydrogen-bond donors (Lipinski definition) is 2. The average molecular weight is 276 g/mol. The van der Waals surface area contributed by atoms with Gasteiger partial charge in [-0.25, -0.2) is 4.79 Å². The monoisotopic (exact) mass is 276 g/mol. The van der Waals surface area contributed by atoms with Crippen LogP contribution in [0.1, 0.15) is 20.0 Å². The van der Waals surface area contributed by atoms with E-state index in [4.69, 9.17) is 5.73 Å². The van der Waals surface area contributed by atoms with Crippen molar-refractivity contribution in [3.05, 3.63) is 46.2 Å². The second-order valence-corrected chi connectivity index (χ2v) is 4.64. The first-order chi connectivity index (χ1) is 9.11. The van der Waals surface area contributed by atoms with Crippen molar-refractivity contribution in [2.45, 2.75) is 0 Å². The summed E-state index contributed by atoms with van der Waals surface area (Å²) in [5.74, 6) is -0.682. The zero-order valence-corrected chi connectivity index (χ0v) is 11.0. The molecule has 6 heteroatoms. The Balaban J connectivity index is 2.10. The Morgan fingerprint density at radius 1 is 1.21 bits per heavy atom. The molecule has 2 aromatic rings. The van der Waals surface area contributed by atoms with E-state index in [1.165, 1.54) is 18.4 Å². The molecule has 19 heavy (non-hydrogen) atoms. The molecule has 0 radical (unpaired) electrons. The molecule has 0 unspecified atom stereocenters. The average Bonchev–Trinajstić information content (AvgIpc) is 2.85. The molecular formula is C13H12N2O3S. The standard InChI is InChI=1S/C13H12N2O3S/c1-18-13(17)8-2-4-9(5-3-8)15-12(16)11-10(14)6-7-19-11/h2-7H,14H2,1H3,(H,15,16). The number of carbonyl (C=O) groups is 2. The summed E-state index contributed by atoms with van der Waals surface area (Å²) in [6.45, 7) is 0. The zero-order valence-electron chi connectivity index (χ0n) is 10.2. The van der Waals surface area contributed by atoms with Crippen LogP contribution in [0, 0.1) is 0 Å². The lowest BCUT2D eigenvalue weighted by Gasteiger charge is -2.05. The summed E-state index contributed by atoms with van der Waals surface area (Å²) in [5, 5.41) is 4.46. The smallest absolute Gasteiger partial charge is 0.337 e. The molecule has 0 aliphatic carbocycles. The van der Waals surface area contributed by atoms with Gasteiger partial charge in [-0.2, -0.15) is 0 Å². The number of anilines is 2. The van der Waals surface area contributed by atoms with Crippen LogP contribution in [0.15, 0.2) is 35.7 Å². The van der Waals surface area contributed by atoms with Gasteiger partial charge in [0.05, 0.1) is 18.4 Å². The van der Waals surface area contributed by atoms with E-state index < -0.39 is 5.97 Å². The number of rotatable bonds is 3. The molecule has 0 aliphatic heterocycles. The number of nitrogens with two attached hydrogens (primary N) is 1. The number of amides is 1. The van der Waals surface area contributed by atoms with Crippen molar-refractivity contribution < 1.29 is 14.3 Å². The van der Waals surface area contributed by atoms with Gasteiger partial charge in [-0.3, -0.25) is 4.79 Å². The van der Waals surface area contributed by atoms with E-state index in [0.29, 0.717) is 21.8 Å². The molecule has 1 amide bonds. The van der Waals surface area contributed by atoms with Crippen molar-refractivity contribution in [2.24, 2.45) is 0 Å². The van der Waals surface area contributed by atoms with Gasteiger partial charge >= 0.3 is 5.97 Å². The molecule has 0 saturated heterocycles. The Labute approximate surface area is 114 Å². The Kier molecular flexibility index (Phi) is 3.82. The second kappa shape index (κ2) is 5.53. The largest absolute Gasteiger partial charge is 0.465 e. The van der Waals surface area contributed by atoms with Gasteiger partial charge in [0.25, 0.3) is 5.91 Å². The van der Waals surface area contributed by atoms with E-state index >= 15 is 0 Å². The summed E-state index contributed by atoms with van der Waals surface area (Å²) in [5.41, 5.74) is 7.13. The van der Waals surface area contributed by atoms with Gasteiger partial charge in [0.1, 0.15) is 4.88 Å². The highest BCUT2D eigenvalue weighted by molar-refractivity contribution is 7.12. The summed E-state index contributed by atoms with van der Waals surface area (Å²) in [6, 6.07) is 8.11. The topological polar surface area (TPSA) is 81.4 Å². The molecule has 0 saturated carbocycles. The number of carbonyl (C=O) groups excluding carboxylic acids is 2. The van der Waals surface area contributed by atoms with Crippen molar-refractivity contribution in [3.63, 3.8) is 0 Å². The van der Waals surface area contributed by atoms with Gasteiger partial charge in [0.2, 0.25) is 0 Å². The molecule has 0 spiro atoms. The Morgan fingerprint density at radius 2 is 1.89 bits per heavy atom. The molecule has 5 nitrogen and oxygen atoms in total. The highest BCUT2D eigenvalue weighted by Gasteiger charge is 2.11. The molecule has 0 atom stereocenters. The molecule has 1 heterocycles. The Bertz CT molecular complexity index is 605. The third-order valence-electron chi connectivity index (χ3n) is 2.47. The summed E-state index contributed by atoms with van der Waals surface area (Å²) < 4.78 is 4.59. The van der Waals surface area contributed by atoms with Crippen LogP contribution in [0.2, 0.25) is 0 Å². The summed E-state index contributed by atoms with van der Waals surface area (Å²) >= 11 is 1.28. The molecule has 3 N–H and O–H groups in total. The van der Waals surface area contributed by atoms with Crippen LogP contribution >= 0.6 is 11.3 Å². The summed E-state index contributed by atoms with van der Waals surface area (Å²) in [7, 11) is 1.32. The molecule has 98 valence electrons. The van der Waals surface area contributed by atoms with Crippen LogP contribution in [-0.4, -0.2) is 19.0 Å². The van der Waals surface area contributed by atoms with Crippen molar-refractivity contribution >= 4 is 34.6 Å². The quantitative estimate of drug-likeness (QED) is 0.843. The third-order valence-corrected chi connectivity index (χ3v) is 3.39. The van der Waals surface area contributed by atoms with Crippen LogP contribution in [0.4, 0.5) is 11.4 Å². The molecular weight excluding hydrogens is 264 g/mol. The van der Waals surface area contributed by atoms with Gasteiger partial charge in [-0.15, -0.1) is 11.3 Å². The number of thiophene rings is 1. The van der Waals surface area contributed by atoms with Crippen LogP contribution in [-0.2, 0) is 4.74 Å². The highest BCUT2D eigenvalue weighted by atomic mass is 32.1. The molecule has 1 aromatic carbocycles. The van der Waals surface area contributed by atoms with Crippen molar-refractivity contribution in [1.82, 2.24) is 0 Å². The van der Waals surface area contributed by atoms with Crippen molar-refractivity contribution in [3.8, 4) is 0 Å². The first-order valence-corrected chi connectivity index (χ1v) is 6.32. The maximum atomic E-state index is 11.9. The van der Waals surface area contributed by atoms with E-state index in [0.717, 1.165) is 0 Å². The van der Waals surface area contributed by atoms with E-state index in [2.05, 4.69) is 10.1 Å². The van der Waals surface area contributed by atoms with Crippen LogP contribution in [0.3, 0.4) is 0 Å². The minimum Gasteiger partial charge on any atom is -0.465 e. The molecule has 2 rings (SSSR count). The van der Waals surface area contributed by atoms with Gasteiger partial charge < -0.3 is 15.8 Å². The zero-order chi connectivity index (χ0) is 13.8. The minimum absolute atomic E-state index is 0.265. The number of benzene rings is 1. The first-order valence-electron chi connectivity index (χ1n) is 5.44. The summed E-state index contributed by atoms with van der Waals surface area (Å²) in [6.07, 6.45) is 0. The maximum absolute atomic E-state index is 11.9. The summed E-state index contributed by atoms with van der Waals surface area (Å²) in [4.78, 5) is 23.6. The lowest BCUT2D eigenvalue weighted by atomic mass is 10.2. The molecule has 1 aromatic heterocycles. The van der Waals surface area contributed by atoms with E-state index in [-0.39, 0.29) is 5.91 Å². The lowest BCUT2D eigenvalue weighted by Crippen LogP contribution is -2.12. The minimum atomic E-state index is -0.416. The van der Waals surface area contributed by atoms with Gasteiger partial charge in [-0.05, 0) is 35.7 Å². The fourth-order valence-electron chi connectivity index (χ4n) is 1.50. The number of nitrogen functional groups attached to an aromatic ring is 1. The lowest BCUT2D eigenvalue weighted by molar-refractivity contribution is 0.0600. The Hall–Kier alpha value is -2.34. The fraction of sp³-hybridized carbons (Fsp3) is 0.0769. The number of ether oxygens (including phenoxy) is 1. The number of methoxy groups -OCH3 is 1. The number of hydrogen-bond acceptors (Lipinski definition) is 5. The SMILES string of the molecule is COC(=O)c1ccc(NC(=O)c2sccc2N)cc1. The van der Waals surface area contributed by atoms with Crippen molar-refractivity contribution in [1.29, 1.82) is 0 Å². The van der Waals surface area contributed by atoms with E-state index in [1.807, 2.05) is 0 Å². The maximum Gasteiger partial charge on any atom is 0.337 e. The first kappa shape index (κ1) is 13.1. The predicted molar refractivity (Wildman–Crippen MR) is 74.5 cm³/mol. The fourth-order valence-corrected chi connectivity index (χ4v) is 2.21. The van der Waals surface area contributed by atoms with Crippen LogP contribution in [0.5, 0.6) is 0 Å². The van der Waals surface area contributed by atoms with Gasteiger partial charge in [0.15, 0.2) is 0 Å². The third kappa shape index (κ3) is 2.92. The Morgan fingerprint density at radius 3 is 2.42 bits per heavy atom. The normalized spacial score (nSPS) is 9.95. The molecule has 0 bridgehead atoms. The van der Waals surface area contributed by atoms with Gasteiger partial charge in [0, 0.05) is 5.69 Å². The van der Waals surface area contributed by atoms with Crippen LogP contribution in [0.25, 0.3) is 0 Å².